The lowest BCUT2D eigenvalue weighted by Gasteiger charge is -2.06. The van der Waals surface area contributed by atoms with Crippen molar-refractivity contribution in [3.63, 3.8) is 0 Å². The monoisotopic (exact) mass is 334 g/mol. The second kappa shape index (κ2) is 6.88. The maximum Gasteiger partial charge on any atom is 0.257 e. The van der Waals surface area contributed by atoms with Crippen molar-refractivity contribution in [1.29, 1.82) is 5.41 Å². The molecule has 7 heteroatoms. The topological polar surface area (TPSA) is 119 Å². The third-order valence-corrected chi connectivity index (χ3v) is 3.74. The molecule has 0 spiro atoms. The average molecular weight is 334 g/mol. The lowest BCUT2D eigenvalue weighted by molar-refractivity contribution is 0.102. The molecule has 2 aromatic carbocycles. The molecule has 1 amide bonds. The summed E-state index contributed by atoms with van der Waals surface area (Å²) in [5.74, 6) is -0.393. The van der Waals surface area contributed by atoms with Crippen LogP contribution < -0.4 is 16.5 Å². The van der Waals surface area contributed by atoms with Gasteiger partial charge in [0, 0.05) is 22.8 Å². The fourth-order valence-corrected chi connectivity index (χ4v) is 2.46. The van der Waals surface area contributed by atoms with Crippen molar-refractivity contribution in [3.8, 4) is 0 Å². The molecule has 0 unspecified atom stereocenters. The number of hydrogen-bond acceptors (Lipinski definition) is 3. The van der Waals surface area contributed by atoms with Gasteiger partial charge in [-0.3, -0.25) is 10.2 Å². The highest BCUT2D eigenvalue weighted by molar-refractivity contribution is 6.12. The molecule has 3 rings (SSSR count). The SMILES string of the molecule is C/C(=N/NC(=N)N)c1ccc(NC(=O)c2c[nH]c3ccccc23)cc1. The third kappa shape index (κ3) is 3.66. The van der Waals surface area contributed by atoms with Crippen molar-refractivity contribution in [2.24, 2.45) is 10.8 Å². The van der Waals surface area contributed by atoms with Gasteiger partial charge in [-0.15, -0.1) is 0 Å². The molecule has 0 aliphatic carbocycles. The smallest absolute Gasteiger partial charge is 0.257 e. The summed E-state index contributed by atoms with van der Waals surface area (Å²) < 4.78 is 0. The van der Waals surface area contributed by atoms with E-state index in [0.717, 1.165) is 16.5 Å². The first-order chi connectivity index (χ1) is 12.0. The standard InChI is InChI=1S/C18H18N6O/c1-11(23-24-18(19)20)12-6-8-13(9-7-12)22-17(25)15-10-21-16-5-3-2-4-14(15)16/h2-10,21H,1H3,(H,22,25)(H4,19,20,24)/b23-11-. The van der Waals surface area contributed by atoms with Crippen LogP contribution in [0.4, 0.5) is 5.69 Å². The molecule has 1 aromatic heterocycles. The maximum atomic E-state index is 12.5. The van der Waals surface area contributed by atoms with Crippen molar-refractivity contribution >= 4 is 34.2 Å². The average Bonchev–Trinajstić information content (AvgIpc) is 3.04. The molecular weight excluding hydrogens is 316 g/mol. The molecule has 0 saturated heterocycles. The number of rotatable bonds is 4. The summed E-state index contributed by atoms with van der Waals surface area (Å²) in [6.45, 7) is 1.80. The number of hydrazone groups is 1. The zero-order valence-corrected chi connectivity index (χ0v) is 13.6. The molecule has 0 aliphatic rings. The van der Waals surface area contributed by atoms with Crippen molar-refractivity contribution in [3.05, 3.63) is 65.9 Å². The van der Waals surface area contributed by atoms with Crippen molar-refractivity contribution in [2.75, 3.05) is 5.32 Å². The van der Waals surface area contributed by atoms with Gasteiger partial charge >= 0.3 is 0 Å². The predicted octanol–water partition coefficient (Wildman–Crippen LogP) is 2.63. The first kappa shape index (κ1) is 16.3. The number of benzene rings is 2. The van der Waals surface area contributed by atoms with Gasteiger partial charge < -0.3 is 16.0 Å². The molecule has 7 nitrogen and oxygen atoms in total. The highest BCUT2D eigenvalue weighted by Gasteiger charge is 2.11. The van der Waals surface area contributed by atoms with Crippen LogP contribution in [0.1, 0.15) is 22.8 Å². The fourth-order valence-electron chi connectivity index (χ4n) is 2.46. The number of nitrogens with one attached hydrogen (secondary N) is 4. The van der Waals surface area contributed by atoms with E-state index in [0.29, 0.717) is 17.0 Å². The van der Waals surface area contributed by atoms with Crippen LogP contribution in [0.15, 0.2) is 59.8 Å². The Morgan fingerprint density at radius 1 is 1.16 bits per heavy atom. The molecule has 0 radical (unpaired) electrons. The number of aromatic nitrogens is 1. The van der Waals surface area contributed by atoms with Crippen LogP contribution in [-0.2, 0) is 0 Å². The second-order valence-corrected chi connectivity index (χ2v) is 5.50. The molecule has 3 aromatic rings. The number of H-pyrrole nitrogens is 1. The van der Waals surface area contributed by atoms with Crippen LogP contribution in [0.25, 0.3) is 10.9 Å². The molecule has 0 saturated carbocycles. The Bertz CT molecular complexity index is 955. The Morgan fingerprint density at radius 3 is 2.60 bits per heavy atom. The van der Waals surface area contributed by atoms with Gasteiger partial charge in [-0.2, -0.15) is 5.10 Å². The van der Waals surface area contributed by atoms with E-state index >= 15 is 0 Å². The number of nitrogens with two attached hydrogens (primary N) is 1. The van der Waals surface area contributed by atoms with Crippen molar-refractivity contribution < 1.29 is 4.79 Å². The lowest BCUT2D eigenvalue weighted by Crippen LogP contribution is -2.26. The second-order valence-electron chi connectivity index (χ2n) is 5.50. The van der Waals surface area contributed by atoms with Crippen LogP contribution in [0, 0.1) is 5.41 Å². The quantitative estimate of drug-likeness (QED) is 0.286. The van der Waals surface area contributed by atoms with E-state index in [4.69, 9.17) is 11.1 Å². The van der Waals surface area contributed by atoms with Gasteiger partial charge in [-0.1, -0.05) is 30.3 Å². The van der Waals surface area contributed by atoms with Gasteiger partial charge in [0.1, 0.15) is 0 Å². The number of nitrogens with zero attached hydrogens (tertiary/aromatic N) is 1. The Morgan fingerprint density at radius 2 is 1.88 bits per heavy atom. The summed E-state index contributed by atoms with van der Waals surface area (Å²) in [7, 11) is 0. The van der Waals surface area contributed by atoms with Gasteiger partial charge in [-0.05, 0) is 30.7 Å². The summed E-state index contributed by atoms with van der Waals surface area (Å²) in [6, 6.07) is 14.9. The highest BCUT2D eigenvalue weighted by atomic mass is 16.1. The zero-order valence-electron chi connectivity index (χ0n) is 13.6. The number of anilines is 1. The van der Waals surface area contributed by atoms with Gasteiger partial charge in [0.05, 0.1) is 11.3 Å². The van der Waals surface area contributed by atoms with E-state index in [1.54, 1.807) is 25.3 Å². The number of para-hydroxylation sites is 1. The molecule has 0 atom stereocenters. The minimum atomic E-state index is -0.220. The maximum absolute atomic E-state index is 12.5. The van der Waals surface area contributed by atoms with E-state index in [1.807, 2.05) is 36.4 Å². The third-order valence-electron chi connectivity index (χ3n) is 3.74. The summed E-state index contributed by atoms with van der Waals surface area (Å²) in [5.41, 5.74) is 11.4. The van der Waals surface area contributed by atoms with Gasteiger partial charge in [-0.25, -0.2) is 5.43 Å². The van der Waals surface area contributed by atoms with Crippen molar-refractivity contribution in [1.82, 2.24) is 10.4 Å². The summed E-state index contributed by atoms with van der Waals surface area (Å²) in [6.07, 6.45) is 1.71. The van der Waals surface area contributed by atoms with Gasteiger partial charge in [0.2, 0.25) is 5.96 Å². The summed E-state index contributed by atoms with van der Waals surface area (Å²) in [5, 5.41) is 14.8. The Labute approximate surface area is 144 Å². The first-order valence-electron chi connectivity index (χ1n) is 7.67. The molecule has 0 aliphatic heterocycles. The summed E-state index contributed by atoms with van der Waals surface area (Å²) >= 11 is 0. The fraction of sp³-hybridized carbons (Fsp3) is 0.0556. The number of guanidine groups is 1. The number of carbonyl (C=O) groups is 1. The molecule has 126 valence electrons. The minimum Gasteiger partial charge on any atom is -0.369 e. The molecule has 0 bridgehead atoms. The van der Waals surface area contributed by atoms with Crippen LogP contribution in [-0.4, -0.2) is 22.6 Å². The van der Waals surface area contributed by atoms with Crippen LogP contribution in [0.2, 0.25) is 0 Å². The molecule has 1 heterocycles. The van der Waals surface area contributed by atoms with Crippen LogP contribution >= 0.6 is 0 Å². The normalized spacial score (nSPS) is 11.3. The molecule has 0 fully saturated rings. The van der Waals surface area contributed by atoms with E-state index in [9.17, 15) is 4.79 Å². The Balaban J connectivity index is 1.74. The minimum absolute atomic E-state index is 0.172. The number of aromatic amines is 1. The van der Waals surface area contributed by atoms with E-state index in [1.165, 1.54) is 0 Å². The Kier molecular flexibility index (Phi) is 4.47. The van der Waals surface area contributed by atoms with Crippen molar-refractivity contribution in [2.45, 2.75) is 6.92 Å². The van der Waals surface area contributed by atoms with Crippen LogP contribution in [0.5, 0.6) is 0 Å². The molecule has 6 N–H and O–H groups in total. The predicted molar refractivity (Wildman–Crippen MR) is 100.0 cm³/mol. The molecule has 25 heavy (non-hydrogen) atoms. The lowest BCUT2D eigenvalue weighted by atomic mass is 10.1. The first-order valence-corrected chi connectivity index (χ1v) is 7.67. The van der Waals surface area contributed by atoms with Gasteiger partial charge in [0.25, 0.3) is 5.91 Å². The number of carbonyl (C=O) groups excluding carboxylic acids is 1. The number of hydrogen-bond donors (Lipinski definition) is 5. The van der Waals surface area contributed by atoms with E-state index in [2.05, 4.69) is 20.8 Å². The zero-order chi connectivity index (χ0) is 17.8. The van der Waals surface area contributed by atoms with Crippen LogP contribution in [0.3, 0.4) is 0 Å². The Hall–Kier alpha value is -3.61. The molecular formula is C18H18N6O. The highest BCUT2D eigenvalue weighted by Crippen LogP contribution is 2.19. The summed E-state index contributed by atoms with van der Waals surface area (Å²) in [4.78, 5) is 15.6. The largest absolute Gasteiger partial charge is 0.369 e. The number of amides is 1. The van der Waals surface area contributed by atoms with E-state index < -0.39 is 0 Å². The number of fused-ring (bicyclic) bond motifs is 1. The van der Waals surface area contributed by atoms with E-state index in [-0.39, 0.29) is 11.9 Å². The van der Waals surface area contributed by atoms with Gasteiger partial charge in [0.15, 0.2) is 0 Å².